The summed E-state index contributed by atoms with van der Waals surface area (Å²) in [5.41, 5.74) is 2.49. The van der Waals surface area contributed by atoms with Gasteiger partial charge in [-0.25, -0.2) is 0 Å². The van der Waals surface area contributed by atoms with Gasteiger partial charge in [0.25, 0.3) is 10.9 Å². The molecule has 0 bridgehead atoms. The van der Waals surface area contributed by atoms with Gasteiger partial charge in [-0.05, 0) is 51.4 Å². The first kappa shape index (κ1) is 22.4. The lowest BCUT2D eigenvalue weighted by molar-refractivity contribution is 0.786. The Kier molecular flexibility index (Phi) is 9.12. The number of hydrogen-bond acceptors (Lipinski definition) is 5. The van der Waals surface area contributed by atoms with Crippen molar-refractivity contribution in [3.8, 4) is 0 Å². The maximum atomic E-state index is 11.9. The smallest absolute Gasteiger partial charge is 0.253 e. The van der Waals surface area contributed by atoms with Crippen molar-refractivity contribution in [2.45, 2.75) is 32.2 Å². The van der Waals surface area contributed by atoms with E-state index in [4.69, 9.17) is 0 Å². The number of rotatable bonds is 9. The summed E-state index contributed by atoms with van der Waals surface area (Å²) in [4.78, 5) is 23.8. The highest BCUT2D eigenvalue weighted by Gasteiger charge is 2.21. The van der Waals surface area contributed by atoms with Gasteiger partial charge in [-0.15, -0.1) is 0 Å². The van der Waals surface area contributed by atoms with Gasteiger partial charge in [-0.1, -0.05) is 60.7 Å². The molecule has 0 saturated carbocycles. The third-order valence-corrected chi connectivity index (χ3v) is 4.47. The van der Waals surface area contributed by atoms with Crippen molar-refractivity contribution in [1.29, 1.82) is 0 Å². The lowest BCUT2D eigenvalue weighted by Gasteiger charge is -2.19. The van der Waals surface area contributed by atoms with E-state index in [2.05, 4.69) is 40.2 Å². The highest BCUT2D eigenvalue weighted by Crippen LogP contribution is 2.17. The van der Waals surface area contributed by atoms with E-state index in [0.717, 1.165) is 19.3 Å². The molecule has 29 heavy (non-hydrogen) atoms. The molecule has 0 fully saturated rings. The maximum absolute atomic E-state index is 11.9. The van der Waals surface area contributed by atoms with Crippen LogP contribution in [0.1, 0.15) is 24.5 Å². The number of benzene rings is 2. The Hall–Kier alpha value is -2.92. The fourth-order valence-corrected chi connectivity index (χ4v) is 3.11. The van der Waals surface area contributed by atoms with E-state index >= 15 is 0 Å². The molecule has 0 saturated heterocycles. The van der Waals surface area contributed by atoms with Crippen molar-refractivity contribution in [3.05, 3.63) is 92.2 Å². The van der Waals surface area contributed by atoms with Crippen LogP contribution in [0.4, 0.5) is 11.4 Å². The number of anilines is 2. The van der Waals surface area contributed by atoms with Crippen LogP contribution >= 0.6 is 0 Å². The second kappa shape index (κ2) is 11.8. The first-order valence-electron chi connectivity index (χ1n) is 10.1. The molecule has 154 valence electrons. The zero-order valence-electron chi connectivity index (χ0n) is 17.5. The lowest BCUT2D eigenvalue weighted by Crippen LogP contribution is -2.39. The van der Waals surface area contributed by atoms with Gasteiger partial charge in [-0.2, -0.15) is 0 Å². The van der Waals surface area contributed by atoms with Gasteiger partial charge in [0.1, 0.15) is 11.4 Å². The van der Waals surface area contributed by atoms with Crippen LogP contribution in [-0.2, 0) is 12.8 Å². The minimum absolute atomic E-state index is 0.0746. The zero-order valence-corrected chi connectivity index (χ0v) is 17.5. The van der Waals surface area contributed by atoms with Crippen molar-refractivity contribution in [2.24, 2.45) is 0 Å². The zero-order chi connectivity index (χ0) is 21.1. The van der Waals surface area contributed by atoms with Crippen LogP contribution in [0, 0.1) is 0 Å². The molecule has 0 heterocycles. The average Bonchev–Trinajstić information content (AvgIpc) is 2.74. The summed E-state index contributed by atoms with van der Waals surface area (Å²) in [5, 5.41) is 9.09. The van der Waals surface area contributed by atoms with Gasteiger partial charge < -0.3 is 16.0 Å². The molecule has 1 atom stereocenters. The third kappa shape index (κ3) is 6.88. The average molecular weight is 394 g/mol. The summed E-state index contributed by atoms with van der Waals surface area (Å²) >= 11 is 0. The fourth-order valence-electron chi connectivity index (χ4n) is 3.11. The quantitative estimate of drug-likeness (QED) is 0.385. The molecular weight excluding hydrogens is 362 g/mol. The summed E-state index contributed by atoms with van der Waals surface area (Å²) in [5.74, 6) is 0. The lowest BCUT2D eigenvalue weighted by atomic mass is 10.1. The Balaban J connectivity index is 0.000000941. The Morgan fingerprint density at radius 1 is 0.793 bits per heavy atom. The molecule has 3 aromatic rings. The molecule has 5 heteroatoms. The monoisotopic (exact) mass is 393 g/mol. The molecule has 3 rings (SSSR count). The maximum Gasteiger partial charge on any atom is 0.253 e. The molecule has 3 N–H and O–H groups in total. The summed E-state index contributed by atoms with van der Waals surface area (Å²) in [6.07, 6.45) is 2.64. The predicted molar refractivity (Wildman–Crippen MR) is 123 cm³/mol. The number of nitrogens with one attached hydrogen (secondary N) is 3. The normalized spacial score (nSPS) is 11.4. The minimum Gasteiger partial charge on any atom is -0.380 e. The molecular formula is C24H31N3O2. The van der Waals surface area contributed by atoms with Crippen molar-refractivity contribution >= 4 is 11.4 Å². The van der Waals surface area contributed by atoms with Gasteiger partial charge in [0.15, 0.2) is 0 Å². The first-order valence-corrected chi connectivity index (χ1v) is 10.1. The van der Waals surface area contributed by atoms with Crippen molar-refractivity contribution < 1.29 is 0 Å². The first-order chi connectivity index (χ1) is 14.1. The van der Waals surface area contributed by atoms with E-state index in [9.17, 15) is 9.59 Å². The third-order valence-electron chi connectivity index (χ3n) is 4.47. The van der Waals surface area contributed by atoms with Gasteiger partial charge >= 0.3 is 0 Å². The van der Waals surface area contributed by atoms with Gasteiger partial charge in [0, 0.05) is 12.6 Å². The standard InChI is InChI=1S/C22H24N2O2.C2H7N/c1-16(15-18-11-6-3-7-12-18)24-20-19(21(25)22(20)26)23-14-8-13-17-9-4-2-5-10-17;1-3-2/h2-7,9-12,16,23-24H,8,13-15H2,1H3;3H,1-2H3/t16-;/m0./s1. The SMILES string of the molecule is CNC.C[C@@H](Cc1ccccc1)Nc1c(NCCCc2ccccc2)c(=O)c1=O. The summed E-state index contributed by atoms with van der Waals surface area (Å²) < 4.78 is 0. The van der Waals surface area contributed by atoms with Crippen molar-refractivity contribution in [1.82, 2.24) is 5.32 Å². The van der Waals surface area contributed by atoms with Crippen LogP contribution in [0.2, 0.25) is 0 Å². The Bertz CT molecular complexity index is 916. The van der Waals surface area contributed by atoms with Crippen LogP contribution in [0.25, 0.3) is 0 Å². The van der Waals surface area contributed by atoms with Crippen molar-refractivity contribution in [2.75, 3.05) is 31.3 Å². The van der Waals surface area contributed by atoms with Crippen LogP contribution in [-0.4, -0.2) is 26.7 Å². The molecule has 0 unspecified atom stereocenters. The van der Waals surface area contributed by atoms with E-state index in [-0.39, 0.29) is 6.04 Å². The molecule has 0 aromatic heterocycles. The molecule has 0 aliphatic rings. The molecule has 5 nitrogen and oxygen atoms in total. The molecule has 0 aliphatic heterocycles. The molecule has 0 radical (unpaired) electrons. The molecule has 0 spiro atoms. The van der Waals surface area contributed by atoms with E-state index in [1.54, 1.807) is 0 Å². The van der Waals surface area contributed by atoms with E-state index in [1.807, 2.05) is 57.4 Å². The molecule has 0 aliphatic carbocycles. The molecule has 3 aromatic carbocycles. The van der Waals surface area contributed by atoms with Gasteiger partial charge in [0.05, 0.1) is 0 Å². The van der Waals surface area contributed by atoms with Crippen LogP contribution in [0.5, 0.6) is 0 Å². The Morgan fingerprint density at radius 2 is 1.31 bits per heavy atom. The van der Waals surface area contributed by atoms with Crippen molar-refractivity contribution in [3.63, 3.8) is 0 Å². The van der Waals surface area contributed by atoms with Gasteiger partial charge in [-0.3, -0.25) is 9.59 Å². The highest BCUT2D eigenvalue weighted by atomic mass is 16.2. The summed E-state index contributed by atoms with van der Waals surface area (Å²) in [6, 6.07) is 20.4. The predicted octanol–water partition coefficient (Wildman–Crippen LogP) is 3.21. The Labute approximate surface area is 172 Å². The van der Waals surface area contributed by atoms with Crippen LogP contribution in [0.15, 0.2) is 70.3 Å². The summed E-state index contributed by atoms with van der Waals surface area (Å²) in [6.45, 7) is 2.69. The number of aryl methyl sites for hydroxylation is 1. The van der Waals surface area contributed by atoms with E-state index in [0.29, 0.717) is 17.9 Å². The second-order valence-corrected chi connectivity index (χ2v) is 7.16. The Morgan fingerprint density at radius 3 is 1.90 bits per heavy atom. The number of hydrogen-bond donors (Lipinski definition) is 3. The fraction of sp³-hybridized carbons (Fsp3) is 0.333. The molecule has 0 amide bonds. The highest BCUT2D eigenvalue weighted by molar-refractivity contribution is 5.74. The largest absolute Gasteiger partial charge is 0.380 e. The van der Waals surface area contributed by atoms with Crippen LogP contribution in [0.3, 0.4) is 0 Å². The summed E-state index contributed by atoms with van der Waals surface area (Å²) in [7, 11) is 3.75. The second-order valence-electron chi connectivity index (χ2n) is 7.16. The van der Waals surface area contributed by atoms with Gasteiger partial charge in [0.2, 0.25) is 0 Å². The topological polar surface area (TPSA) is 70.2 Å². The minimum atomic E-state index is -0.421. The van der Waals surface area contributed by atoms with E-state index in [1.165, 1.54) is 11.1 Å². The van der Waals surface area contributed by atoms with Crippen LogP contribution < -0.4 is 26.8 Å². The van der Waals surface area contributed by atoms with E-state index < -0.39 is 10.9 Å².